The first-order chi connectivity index (χ1) is 6.72. The molecule has 0 unspecified atom stereocenters. The molecule has 3 heteroatoms. The van der Waals surface area contributed by atoms with E-state index in [1.54, 1.807) is 0 Å². The second-order valence-electron chi connectivity index (χ2n) is 2.93. The van der Waals surface area contributed by atoms with Crippen molar-refractivity contribution in [2.24, 2.45) is 0 Å². The lowest BCUT2D eigenvalue weighted by molar-refractivity contribution is 0.993. The number of anilines is 1. The van der Waals surface area contributed by atoms with Crippen molar-refractivity contribution in [1.82, 2.24) is 5.32 Å². The average Bonchev–Trinajstić information content (AvgIpc) is 2.19. The van der Waals surface area contributed by atoms with Crippen LogP contribution in [0.25, 0.3) is 0 Å². The highest BCUT2D eigenvalue weighted by atomic mass is 32.1. The number of nitrogens with one attached hydrogen (secondary N) is 2. The lowest BCUT2D eigenvalue weighted by Crippen LogP contribution is -2.10. The normalized spacial score (nSPS) is 10.9. The van der Waals surface area contributed by atoms with E-state index in [1.165, 1.54) is 0 Å². The molecule has 0 atom stereocenters. The maximum atomic E-state index is 5.15. The van der Waals surface area contributed by atoms with Gasteiger partial charge in [0.25, 0.3) is 0 Å². The quantitative estimate of drug-likeness (QED) is 0.587. The van der Waals surface area contributed by atoms with E-state index < -0.39 is 0 Å². The molecule has 0 amide bonds. The van der Waals surface area contributed by atoms with Gasteiger partial charge in [-0.15, -0.1) is 0 Å². The van der Waals surface area contributed by atoms with Gasteiger partial charge in [-0.25, -0.2) is 0 Å². The number of rotatable bonds is 3. The van der Waals surface area contributed by atoms with Gasteiger partial charge in [0.1, 0.15) is 4.99 Å². The minimum Gasteiger partial charge on any atom is -0.392 e. The third-order valence-corrected chi connectivity index (χ3v) is 2.00. The molecule has 0 aliphatic rings. The molecular weight excluding hydrogens is 192 g/mol. The van der Waals surface area contributed by atoms with E-state index in [9.17, 15) is 0 Å². The second-order valence-corrected chi connectivity index (χ2v) is 3.37. The number of hydrogen-bond acceptors (Lipinski definition) is 2. The fourth-order valence-electron chi connectivity index (χ4n) is 0.969. The zero-order chi connectivity index (χ0) is 10.4. The van der Waals surface area contributed by atoms with E-state index in [4.69, 9.17) is 12.2 Å². The summed E-state index contributed by atoms with van der Waals surface area (Å²) < 4.78 is 0. The summed E-state index contributed by atoms with van der Waals surface area (Å²) in [5.74, 6) is 0. The molecule has 0 bridgehead atoms. The lowest BCUT2D eigenvalue weighted by atomic mass is 10.3. The van der Waals surface area contributed by atoms with Gasteiger partial charge in [0.2, 0.25) is 0 Å². The van der Waals surface area contributed by atoms with Crippen molar-refractivity contribution < 1.29 is 0 Å². The summed E-state index contributed by atoms with van der Waals surface area (Å²) in [6, 6.07) is 9.88. The summed E-state index contributed by atoms with van der Waals surface area (Å²) in [5, 5.41) is 6.14. The Kier molecular flexibility index (Phi) is 4.13. The summed E-state index contributed by atoms with van der Waals surface area (Å²) in [5.41, 5.74) is 2.05. The van der Waals surface area contributed by atoms with E-state index in [2.05, 4.69) is 10.6 Å². The Morgan fingerprint density at radius 1 is 1.29 bits per heavy atom. The summed E-state index contributed by atoms with van der Waals surface area (Å²) in [6.07, 6.45) is 1.89. The molecule has 2 N–H and O–H groups in total. The molecule has 0 aromatic heterocycles. The van der Waals surface area contributed by atoms with Crippen molar-refractivity contribution in [2.45, 2.75) is 6.92 Å². The molecule has 1 aromatic carbocycles. The standard InChI is InChI=1S/C11H14N2S/c1-9(12-2)8-11(14)13-10-6-4-3-5-7-10/h3-8,12H,1-2H3,(H,13,14)/b9-8+. The first-order valence-electron chi connectivity index (χ1n) is 4.44. The van der Waals surface area contributed by atoms with Crippen LogP contribution in [0, 0.1) is 0 Å². The van der Waals surface area contributed by atoms with Crippen molar-refractivity contribution in [2.75, 3.05) is 12.4 Å². The van der Waals surface area contributed by atoms with Crippen LogP contribution in [0.15, 0.2) is 42.1 Å². The molecule has 0 spiro atoms. The highest BCUT2D eigenvalue weighted by Gasteiger charge is 1.93. The van der Waals surface area contributed by atoms with E-state index in [0.717, 1.165) is 11.4 Å². The summed E-state index contributed by atoms with van der Waals surface area (Å²) >= 11 is 5.15. The van der Waals surface area contributed by atoms with Gasteiger partial charge in [-0.2, -0.15) is 0 Å². The Bertz CT molecular complexity index is 330. The number of hydrogen-bond donors (Lipinski definition) is 2. The smallest absolute Gasteiger partial charge is 0.105 e. The van der Waals surface area contributed by atoms with Crippen molar-refractivity contribution in [1.29, 1.82) is 0 Å². The molecule has 0 fully saturated rings. The highest BCUT2D eigenvalue weighted by Crippen LogP contribution is 2.05. The Morgan fingerprint density at radius 2 is 1.93 bits per heavy atom. The number of thiocarbonyl (C=S) groups is 1. The van der Waals surface area contributed by atoms with Crippen LogP contribution >= 0.6 is 12.2 Å². The van der Waals surface area contributed by atoms with Gasteiger partial charge < -0.3 is 10.6 Å². The van der Waals surface area contributed by atoms with E-state index in [1.807, 2.05) is 50.4 Å². The van der Waals surface area contributed by atoms with Gasteiger partial charge in [-0.05, 0) is 25.1 Å². The number of benzene rings is 1. The minimum absolute atomic E-state index is 0.711. The lowest BCUT2D eigenvalue weighted by Gasteiger charge is -2.05. The van der Waals surface area contributed by atoms with Crippen LogP contribution in [0.2, 0.25) is 0 Å². The van der Waals surface area contributed by atoms with E-state index >= 15 is 0 Å². The van der Waals surface area contributed by atoms with Gasteiger partial charge in [0.05, 0.1) is 0 Å². The average molecular weight is 206 g/mol. The Labute approximate surface area is 90.0 Å². The third-order valence-electron chi connectivity index (χ3n) is 1.78. The zero-order valence-corrected chi connectivity index (χ0v) is 9.19. The molecule has 0 saturated heterocycles. The molecule has 74 valence electrons. The van der Waals surface area contributed by atoms with Crippen LogP contribution in [0.3, 0.4) is 0 Å². The summed E-state index contributed by atoms with van der Waals surface area (Å²) in [4.78, 5) is 0.711. The molecule has 0 radical (unpaired) electrons. The maximum absolute atomic E-state index is 5.15. The van der Waals surface area contributed by atoms with Crippen LogP contribution in [0.5, 0.6) is 0 Å². The monoisotopic (exact) mass is 206 g/mol. The van der Waals surface area contributed by atoms with Crippen molar-refractivity contribution in [3.63, 3.8) is 0 Å². The molecule has 1 aromatic rings. The molecule has 2 nitrogen and oxygen atoms in total. The van der Waals surface area contributed by atoms with Crippen molar-refractivity contribution in [3.05, 3.63) is 42.1 Å². The predicted octanol–water partition coefficient (Wildman–Crippen LogP) is 2.55. The molecule has 0 aliphatic carbocycles. The molecule has 0 saturated carbocycles. The van der Waals surface area contributed by atoms with Gasteiger partial charge in [0, 0.05) is 18.4 Å². The van der Waals surface area contributed by atoms with E-state index in [-0.39, 0.29) is 0 Å². The summed E-state index contributed by atoms with van der Waals surface area (Å²) in [6.45, 7) is 1.97. The van der Waals surface area contributed by atoms with Crippen molar-refractivity contribution in [3.8, 4) is 0 Å². The second kappa shape index (κ2) is 5.40. The predicted molar refractivity (Wildman–Crippen MR) is 65.5 cm³/mol. The third kappa shape index (κ3) is 3.58. The Balaban J connectivity index is 2.58. The van der Waals surface area contributed by atoms with Crippen LogP contribution < -0.4 is 10.6 Å². The SMILES string of the molecule is CN/C(C)=C/C(=S)Nc1ccccc1. The van der Waals surface area contributed by atoms with Gasteiger partial charge in [0.15, 0.2) is 0 Å². The topological polar surface area (TPSA) is 24.1 Å². The molecule has 0 heterocycles. The van der Waals surface area contributed by atoms with Crippen LogP contribution in [-0.2, 0) is 0 Å². The van der Waals surface area contributed by atoms with E-state index in [0.29, 0.717) is 4.99 Å². The number of para-hydroxylation sites is 1. The van der Waals surface area contributed by atoms with Crippen LogP contribution in [0.4, 0.5) is 5.69 Å². The van der Waals surface area contributed by atoms with Gasteiger partial charge >= 0.3 is 0 Å². The molecule has 1 rings (SSSR count). The maximum Gasteiger partial charge on any atom is 0.105 e. The fourth-order valence-corrected chi connectivity index (χ4v) is 1.26. The molecular formula is C11H14N2S. The first kappa shape index (κ1) is 10.7. The molecule has 14 heavy (non-hydrogen) atoms. The largest absolute Gasteiger partial charge is 0.392 e. The Hall–Kier alpha value is -1.35. The molecule has 0 aliphatic heterocycles. The van der Waals surface area contributed by atoms with Gasteiger partial charge in [-0.3, -0.25) is 0 Å². The number of allylic oxidation sites excluding steroid dienone is 1. The fraction of sp³-hybridized carbons (Fsp3) is 0.182. The zero-order valence-electron chi connectivity index (χ0n) is 8.37. The summed E-state index contributed by atoms with van der Waals surface area (Å²) in [7, 11) is 1.87. The van der Waals surface area contributed by atoms with Crippen LogP contribution in [0.1, 0.15) is 6.92 Å². The minimum atomic E-state index is 0.711. The Morgan fingerprint density at radius 3 is 2.50 bits per heavy atom. The first-order valence-corrected chi connectivity index (χ1v) is 4.85. The van der Waals surface area contributed by atoms with Crippen molar-refractivity contribution >= 4 is 22.9 Å². The van der Waals surface area contributed by atoms with Gasteiger partial charge in [-0.1, -0.05) is 30.4 Å². The highest BCUT2D eigenvalue weighted by molar-refractivity contribution is 7.81. The van der Waals surface area contributed by atoms with Crippen LogP contribution in [-0.4, -0.2) is 12.0 Å².